The predicted octanol–water partition coefficient (Wildman–Crippen LogP) is 1.20. The number of hydrogen-bond acceptors (Lipinski definition) is 3. The molecule has 12 heavy (non-hydrogen) atoms. The quantitative estimate of drug-likeness (QED) is 0.592. The van der Waals surface area contributed by atoms with E-state index >= 15 is 0 Å². The van der Waals surface area contributed by atoms with Crippen molar-refractivity contribution in [2.24, 2.45) is 0 Å². The van der Waals surface area contributed by atoms with Gasteiger partial charge in [-0.15, -0.1) is 0 Å². The van der Waals surface area contributed by atoms with Gasteiger partial charge in [-0.05, 0) is 20.3 Å². The first kappa shape index (κ1) is 11.9. The van der Waals surface area contributed by atoms with E-state index in [1.807, 2.05) is 13.8 Å². The average Bonchev–Trinajstić information content (AvgIpc) is 2.11. The van der Waals surface area contributed by atoms with Crippen molar-refractivity contribution in [2.75, 3.05) is 19.8 Å². The summed E-state index contributed by atoms with van der Waals surface area (Å²) in [5, 5.41) is 8.62. The molecule has 2 atom stereocenters. The molecule has 1 N–H and O–H groups in total. The van der Waals surface area contributed by atoms with E-state index in [-0.39, 0.29) is 12.7 Å². The van der Waals surface area contributed by atoms with Gasteiger partial charge in [0.05, 0.1) is 32.0 Å². The van der Waals surface area contributed by atoms with Crippen LogP contribution in [0.25, 0.3) is 0 Å². The van der Waals surface area contributed by atoms with E-state index < -0.39 is 0 Å². The zero-order valence-electron chi connectivity index (χ0n) is 8.25. The third kappa shape index (κ3) is 6.58. The molecule has 74 valence electrons. The van der Waals surface area contributed by atoms with Gasteiger partial charge in [0.1, 0.15) is 0 Å². The van der Waals surface area contributed by atoms with E-state index in [9.17, 15) is 0 Å². The maximum Gasteiger partial charge on any atom is 0.0778 e. The molecule has 0 amide bonds. The molecule has 3 nitrogen and oxygen atoms in total. The Kier molecular flexibility index (Phi) is 7.45. The zero-order chi connectivity index (χ0) is 9.40. The van der Waals surface area contributed by atoms with Gasteiger partial charge in [0.25, 0.3) is 0 Å². The Balaban J connectivity index is 3.10. The molecule has 0 aromatic heterocycles. The highest BCUT2D eigenvalue weighted by Gasteiger charge is 2.00. The lowest BCUT2D eigenvalue weighted by Crippen LogP contribution is -2.18. The van der Waals surface area contributed by atoms with Gasteiger partial charge in [-0.2, -0.15) is 0 Å². The molecule has 0 aliphatic heterocycles. The van der Waals surface area contributed by atoms with E-state index in [1.165, 1.54) is 0 Å². The molecule has 0 aromatic rings. The molecule has 0 saturated carbocycles. The summed E-state index contributed by atoms with van der Waals surface area (Å²) >= 11 is 0. The van der Waals surface area contributed by atoms with Gasteiger partial charge in [0.15, 0.2) is 0 Å². The molecule has 0 aliphatic rings. The highest BCUT2D eigenvalue weighted by atomic mass is 16.5. The number of hydrogen-bond donors (Lipinski definition) is 1. The molecule has 0 aliphatic carbocycles. The molecule has 0 saturated heterocycles. The van der Waals surface area contributed by atoms with Crippen molar-refractivity contribution in [3.05, 3.63) is 0 Å². The maximum atomic E-state index is 8.62. The van der Waals surface area contributed by atoms with Crippen molar-refractivity contribution in [3.63, 3.8) is 0 Å². The Morgan fingerprint density at radius 3 is 2.00 bits per heavy atom. The Morgan fingerprint density at radius 2 is 1.58 bits per heavy atom. The fraction of sp³-hybridized carbons (Fsp3) is 1.00. The SMILES string of the molecule is CCC(C)OCCOC(C)CO. The van der Waals surface area contributed by atoms with Crippen molar-refractivity contribution in [1.29, 1.82) is 0 Å². The second-order valence-electron chi connectivity index (χ2n) is 2.95. The monoisotopic (exact) mass is 176 g/mol. The second-order valence-corrected chi connectivity index (χ2v) is 2.95. The minimum atomic E-state index is -0.0782. The molecule has 0 rings (SSSR count). The van der Waals surface area contributed by atoms with E-state index in [0.29, 0.717) is 19.3 Å². The van der Waals surface area contributed by atoms with Crippen LogP contribution in [-0.2, 0) is 9.47 Å². The largest absolute Gasteiger partial charge is 0.394 e. The van der Waals surface area contributed by atoms with Crippen molar-refractivity contribution in [3.8, 4) is 0 Å². The number of aliphatic hydroxyl groups excluding tert-OH is 1. The lowest BCUT2D eigenvalue weighted by atomic mass is 10.3. The van der Waals surface area contributed by atoms with Crippen LogP contribution in [0.3, 0.4) is 0 Å². The predicted molar refractivity (Wildman–Crippen MR) is 48.2 cm³/mol. The van der Waals surface area contributed by atoms with Crippen LogP contribution >= 0.6 is 0 Å². The average molecular weight is 176 g/mol. The highest BCUT2D eigenvalue weighted by Crippen LogP contribution is 1.96. The lowest BCUT2D eigenvalue weighted by Gasteiger charge is -2.12. The highest BCUT2D eigenvalue weighted by molar-refractivity contribution is 4.46. The summed E-state index contributed by atoms with van der Waals surface area (Å²) < 4.78 is 10.6. The first-order valence-electron chi connectivity index (χ1n) is 4.54. The molecular weight excluding hydrogens is 156 g/mol. The smallest absolute Gasteiger partial charge is 0.0778 e. The molecule has 0 heterocycles. The third-order valence-electron chi connectivity index (χ3n) is 1.72. The standard InChI is InChI=1S/C9H20O3/c1-4-8(2)11-5-6-12-9(3)7-10/h8-10H,4-7H2,1-3H3. The van der Waals surface area contributed by atoms with Crippen LogP contribution in [-0.4, -0.2) is 37.1 Å². The topological polar surface area (TPSA) is 38.7 Å². The van der Waals surface area contributed by atoms with Crippen molar-refractivity contribution in [1.82, 2.24) is 0 Å². The maximum absolute atomic E-state index is 8.62. The zero-order valence-corrected chi connectivity index (χ0v) is 8.25. The van der Waals surface area contributed by atoms with Gasteiger partial charge < -0.3 is 14.6 Å². The Bertz CT molecular complexity index is 83.8. The van der Waals surface area contributed by atoms with Crippen LogP contribution in [0.15, 0.2) is 0 Å². The first-order chi connectivity index (χ1) is 5.70. The molecule has 0 aromatic carbocycles. The number of ether oxygens (including phenoxy) is 2. The van der Waals surface area contributed by atoms with Crippen LogP contribution in [0, 0.1) is 0 Å². The van der Waals surface area contributed by atoms with Crippen molar-refractivity contribution in [2.45, 2.75) is 39.4 Å². The molecule has 0 bridgehead atoms. The molecular formula is C9H20O3. The van der Waals surface area contributed by atoms with E-state index in [2.05, 4.69) is 6.92 Å². The summed E-state index contributed by atoms with van der Waals surface area (Å²) in [4.78, 5) is 0. The summed E-state index contributed by atoms with van der Waals surface area (Å²) in [6, 6.07) is 0. The molecule has 0 spiro atoms. The second kappa shape index (κ2) is 7.53. The van der Waals surface area contributed by atoms with Crippen LogP contribution < -0.4 is 0 Å². The summed E-state index contributed by atoms with van der Waals surface area (Å²) in [6.45, 7) is 7.20. The normalized spacial score (nSPS) is 16.0. The Labute approximate surface area is 74.7 Å². The molecule has 3 heteroatoms. The Morgan fingerprint density at radius 1 is 1.08 bits per heavy atom. The lowest BCUT2D eigenvalue weighted by molar-refractivity contribution is -0.0278. The molecule has 2 unspecified atom stereocenters. The molecule has 0 radical (unpaired) electrons. The van der Waals surface area contributed by atoms with Gasteiger partial charge >= 0.3 is 0 Å². The molecule has 0 fully saturated rings. The van der Waals surface area contributed by atoms with Crippen LogP contribution in [0.4, 0.5) is 0 Å². The number of aliphatic hydroxyl groups is 1. The minimum Gasteiger partial charge on any atom is -0.394 e. The van der Waals surface area contributed by atoms with Crippen molar-refractivity contribution >= 4 is 0 Å². The Hall–Kier alpha value is -0.120. The van der Waals surface area contributed by atoms with Crippen LogP contribution in [0.5, 0.6) is 0 Å². The summed E-state index contributed by atoms with van der Waals surface area (Å²) in [5.41, 5.74) is 0. The van der Waals surface area contributed by atoms with Crippen LogP contribution in [0.2, 0.25) is 0 Å². The van der Waals surface area contributed by atoms with Crippen molar-refractivity contribution < 1.29 is 14.6 Å². The van der Waals surface area contributed by atoms with E-state index in [1.54, 1.807) is 0 Å². The summed E-state index contributed by atoms with van der Waals surface area (Å²) in [5.74, 6) is 0. The van der Waals surface area contributed by atoms with Gasteiger partial charge in [-0.25, -0.2) is 0 Å². The van der Waals surface area contributed by atoms with E-state index in [0.717, 1.165) is 6.42 Å². The summed E-state index contributed by atoms with van der Waals surface area (Å²) in [7, 11) is 0. The van der Waals surface area contributed by atoms with Gasteiger partial charge in [0.2, 0.25) is 0 Å². The van der Waals surface area contributed by atoms with Gasteiger partial charge in [0, 0.05) is 0 Å². The van der Waals surface area contributed by atoms with Gasteiger partial charge in [-0.3, -0.25) is 0 Å². The first-order valence-corrected chi connectivity index (χ1v) is 4.54. The van der Waals surface area contributed by atoms with E-state index in [4.69, 9.17) is 14.6 Å². The third-order valence-corrected chi connectivity index (χ3v) is 1.72. The fourth-order valence-electron chi connectivity index (χ4n) is 0.669. The fourth-order valence-corrected chi connectivity index (χ4v) is 0.669. The summed E-state index contributed by atoms with van der Waals surface area (Å²) in [6.07, 6.45) is 1.25. The van der Waals surface area contributed by atoms with Crippen LogP contribution in [0.1, 0.15) is 27.2 Å². The van der Waals surface area contributed by atoms with Gasteiger partial charge in [-0.1, -0.05) is 6.92 Å². The number of rotatable bonds is 7. The minimum absolute atomic E-state index is 0.0727.